The number of rotatable bonds is 5. The van der Waals surface area contributed by atoms with Gasteiger partial charge >= 0.3 is 0 Å². The number of anilines is 1. The Morgan fingerprint density at radius 3 is 2.26 bits per heavy atom. The molecule has 0 atom stereocenters. The van der Waals surface area contributed by atoms with Crippen molar-refractivity contribution in [2.75, 3.05) is 18.6 Å². The zero-order valence-electron chi connectivity index (χ0n) is 17.6. The smallest absolute Gasteiger partial charge is 0.277 e. The fourth-order valence-corrected chi connectivity index (χ4v) is 3.76. The summed E-state index contributed by atoms with van der Waals surface area (Å²) in [6.07, 6.45) is 0.447. The van der Waals surface area contributed by atoms with Gasteiger partial charge in [0.1, 0.15) is 11.4 Å². The highest BCUT2D eigenvalue weighted by atomic mass is 16.5. The lowest BCUT2D eigenvalue weighted by Gasteiger charge is -2.28. The van der Waals surface area contributed by atoms with Gasteiger partial charge in [-0.05, 0) is 62.2 Å². The van der Waals surface area contributed by atoms with E-state index >= 15 is 0 Å². The van der Waals surface area contributed by atoms with Crippen molar-refractivity contribution in [2.45, 2.75) is 25.9 Å². The number of aromatic nitrogens is 2. The van der Waals surface area contributed by atoms with E-state index in [1.165, 1.54) is 4.68 Å². The van der Waals surface area contributed by atoms with Crippen LogP contribution in [-0.4, -0.2) is 40.4 Å². The van der Waals surface area contributed by atoms with E-state index in [2.05, 4.69) is 5.10 Å². The zero-order chi connectivity index (χ0) is 22.3. The van der Waals surface area contributed by atoms with Crippen LogP contribution in [0, 0.1) is 0 Å². The minimum atomic E-state index is -0.971. The Kier molecular flexibility index (Phi) is 5.02. The molecule has 2 amide bonds. The summed E-state index contributed by atoms with van der Waals surface area (Å²) in [5, 5.41) is 14.5. The van der Waals surface area contributed by atoms with Gasteiger partial charge in [-0.15, -0.1) is 0 Å². The number of hydrogen-bond donors (Lipinski definition) is 2. The van der Waals surface area contributed by atoms with E-state index in [0.29, 0.717) is 41.3 Å². The molecule has 2 heterocycles. The van der Waals surface area contributed by atoms with E-state index in [4.69, 9.17) is 10.5 Å². The van der Waals surface area contributed by atoms with Crippen LogP contribution in [0.2, 0.25) is 0 Å². The second kappa shape index (κ2) is 7.55. The number of fused-ring (bicyclic) bond motifs is 1. The van der Waals surface area contributed by atoms with Gasteiger partial charge in [-0.1, -0.05) is 12.1 Å². The standard InChI is InChI=1S/C23H24N4O4/c1-23(2,30)14-4-6-15(7-5-14)26-13-12-18-19(21(24)28)25-27(20(18)22(26)29)16-8-10-17(31-3)11-9-16/h4-11,30H,12-13H2,1-3H3,(H2,24,28). The number of nitrogens with zero attached hydrogens (tertiary/aromatic N) is 3. The first-order valence-corrected chi connectivity index (χ1v) is 9.91. The van der Waals surface area contributed by atoms with Crippen molar-refractivity contribution in [2.24, 2.45) is 5.73 Å². The second-order valence-corrected chi connectivity index (χ2v) is 7.96. The van der Waals surface area contributed by atoms with Crippen molar-refractivity contribution < 1.29 is 19.4 Å². The zero-order valence-corrected chi connectivity index (χ0v) is 17.6. The summed E-state index contributed by atoms with van der Waals surface area (Å²) in [7, 11) is 1.57. The molecule has 2 aromatic carbocycles. The van der Waals surface area contributed by atoms with E-state index in [9.17, 15) is 14.7 Å². The summed E-state index contributed by atoms with van der Waals surface area (Å²) in [6.45, 7) is 3.81. The molecule has 1 aromatic heterocycles. The van der Waals surface area contributed by atoms with Crippen LogP contribution in [0.15, 0.2) is 48.5 Å². The summed E-state index contributed by atoms with van der Waals surface area (Å²) < 4.78 is 6.66. The fraction of sp³-hybridized carbons (Fsp3) is 0.261. The Morgan fingerprint density at radius 1 is 1.10 bits per heavy atom. The molecule has 160 valence electrons. The van der Waals surface area contributed by atoms with Crippen molar-refractivity contribution in [1.29, 1.82) is 0 Å². The Hall–Kier alpha value is -3.65. The Morgan fingerprint density at radius 2 is 1.71 bits per heavy atom. The van der Waals surface area contributed by atoms with Crippen LogP contribution in [0.25, 0.3) is 5.69 Å². The SMILES string of the molecule is COc1ccc(-n2nc(C(N)=O)c3c2C(=O)N(c2ccc(C(C)(C)O)cc2)CC3)cc1. The minimum absolute atomic E-state index is 0.108. The molecule has 0 fully saturated rings. The van der Waals surface area contributed by atoms with E-state index in [-0.39, 0.29) is 11.6 Å². The van der Waals surface area contributed by atoms with Gasteiger partial charge < -0.3 is 20.5 Å². The first-order chi connectivity index (χ1) is 14.7. The Balaban J connectivity index is 1.77. The molecular formula is C23H24N4O4. The third-order valence-corrected chi connectivity index (χ3v) is 5.45. The Bertz CT molecular complexity index is 1140. The minimum Gasteiger partial charge on any atom is -0.497 e. The van der Waals surface area contributed by atoms with Gasteiger partial charge in [0, 0.05) is 17.8 Å². The predicted octanol–water partition coefficient (Wildman–Crippen LogP) is 2.41. The molecule has 0 radical (unpaired) electrons. The number of ether oxygens (including phenoxy) is 1. The van der Waals surface area contributed by atoms with Crippen LogP contribution < -0.4 is 15.4 Å². The maximum Gasteiger partial charge on any atom is 0.277 e. The Labute approximate surface area is 179 Å². The molecule has 1 aliphatic rings. The molecule has 0 bridgehead atoms. The van der Waals surface area contributed by atoms with Crippen molar-refractivity contribution in [1.82, 2.24) is 9.78 Å². The number of carbonyl (C=O) groups excluding carboxylic acids is 2. The molecule has 8 nitrogen and oxygen atoms in total. The van der Waals surface area contributed by atoms with Crippen molar-refractivity contribution in [3.8, 4) is 11.4 Å². The quantitative estimate of drug-likeness (QED) is 0.659. The second-order valence-electron chi connectivity index (χ2n) is 7.96. The lowest BCUT2D eigenvalue weighted by molar-refractivity contribution is 0.0786. The van der Waals surface area contributed by atoms with Crippen LogP contribution in [0.4, 0.5) is 5.69 Å². The molecule has 4 rings (SSSR count). The molecule has 0 unspecified atom stereocenters. The van der Waals surface area contributed by atoms with E-state index < -0.39 is 11.5 Å². The number of amides is 2. The van der Waals surface area contributed by atoms with Crippen LogP contribution in [0.1, 0.15) is 46.0 Å². The number of benzene rings is 2. The number of hydrogen-bond acceptors (Lipinski definition) is 5. The van der Waals surface area contributed by atoms with E-state index in [0.717, 1.165) is 5.56 Å². The molecule has 0 spiro atoms. The van der Waals surface area contributed by atoms with Crippen molar-refractivity contribution >= 4 is 17.5 Å². The average Bonchev–Trinajstić information content (AvgIpc) is 3.14. The molecule has 1 aliphatic heterocycles. The molecule has 3 aromatic rings. The maximum atomic E-state index is 13.5. The van der Waals surface area contributed by atoms with Gasteiger partial charge in [-0.2, -0.15) is 5.10 Å². The third kappa shape index (κ3) is 3.66. The summed E-state index contributed by atoms with van der Waals surface area (Å²) in [5.41, 5.74) is 7.62. The largest absolute Gasteiger partial charge is 0.497 e. The van der Waals surface area contributed by atoms with Gasteiger partial charge in [-0.25, -0.2) is 4.68 Å². The fourth-order valence-electron chi connectivity index (χ4n) is 3.76. The number of carbonyl (C=O) groups is 2. The highest BCUT2D eigenvalue weighted by molar-refractivity contribution is 6.09. The molecule has 0 saturated heterocycles. The molecule has 0 saturated carbocycles. The summed E-state index contributed by atoms with van der Waals surface area (Å²) in [6, 6.07) is 14.3. The molecule has 3 N–H and O–H groups in total. The van der Waals surface area contributed by atoms with Crippen LogP contribution in [-0.2, 0) is 12.0 Å². The first-order valence-electron chi connectivity index (χ1n) is 9.91. The van der Waals surface area contributed by atoms with Crippen LogP contribution >= 0.6 is 0 Å². The van der Waals surface area contributed by atoms with Gasteiger partial charge in [-0.3, -0.25) is 9.59 Å². The molecule has 31 heavy (non-hydrogen) atoms. The van der Waals surface area contributed by atoms with Crippen LogP contribution in [0.5, 0.6) is 5.75 Å². The number of primary amides is 1. The first kappa shape index (κ1) is 20.6. The lowest BCUT2D eigenvalue weighted by atomic mass is 9.97. The number of aliphatic hydroxyl groups is 1. The highest BCUT2D eigenvalue weighted by Gasteiger charge is 2.34. The third-order valence-electron chi connectivity index (χ3n) is 5.45. The number of methoxy groups -OCH3 is 1. The van der Waals surface area contributed by atoms with Gasteiger partial charge in [0.15, 0.2) is 5.69 Å². The maximum absolute atomic E-state index is 13.5. The molecular weight excluding hydrogens is 396 g/mol. The predicted molar refractivity (Wildman–Crippen MR) is 116 cm³/mol. The monoisotopic (exact) mass is 420 g/mol. The van der Waals surface area contributed by atoms with E-state index in [1.807, 2.05) is 0 Å². The van der Waals surface area contributed by atoms with E-state index in [1.54, 1.807) is 74.4 Å². The lowest BCUT2D eigenvalue weighted by Crippen LogP contribution is -2.39. The number of nitrogens with two attached hydrogens (primary N) is 1. The van der Waals surface area contributed by atoms with Gasteiger partial charge in [0.25, 0.3) is 11.8 Å². The van der Waals surface area contributed by atoms with Crippen LogP contribution in [0.3, 0.4) is 0 Å². The van der Waals surface area contributed by atoms with Crippen molar-refractivity contribution in [3.63, 3.8) is 0 Å². The summed E-state index contributed by atoms with van der Waals surface area (Å²) in [4.78, 5) is 27.1. The van der Waals surface area contributed by atoms with Gasteiger partial charge in [0.05, 0.1) is 18.4 Å². The van der Waals surface area contributed by atoms with Crippen molar-refractivity contribution in [3.05, 3.63) is 71.0 Å². The highest BCUT2D eigenvalue weighted by Crippen LogP contribution is 2.30. The summed E-state index contributed by atoms with van der Waals surface area (Å²) in [5.74, 6) is -0.271. The average molecular weight is 420 g/mol. The normalized spacial score (nSPS) is 13.8. The molecule has 8 heteroatoms. The summed E-state index contributed by atoms with van der Waals surface area (Å²) >= 11 is 0. The topological polar surface area (TPSA) is 111 Å². The molecule has 0 aliphatic carbocycles. The van der Waals surface area contributed by atoms with Gasteiger partial charge in [0.2, 0.25) is 0 Å².